The topological polar surface area (TPSA) is 83.2 Å². The molecule has 0 atom stereocenters. The van der Waals surface area contributed by atoms with Crippen molar-refractivity contribution < 1.29 is 0 Å². The first-order valence-electron chi connectivity index (χ1n) is 20.4. The molecule has 8 aromatic carbocycles. The lowest BCUT2D eigenvalue weighted by molar-refractivity contribution is 1.15. The standard InChI is InChI=1S/C52H28N6.C4H6/c53-29-43-44(30-54)56-52-42-28-26-36(32-19-23-34(24-20-32)58-47-15-7-3-11-39(47)40-12-4-8-16-48(40)58)49-35(25-27-41(50(42)49)51(52)55-43)31-17-21-33(22-18-31)57-45-13-5-1-9-37(45)38-10-2-6-14-46(38)57;1-3-4-2/h1-28H;3-4H,1-2H2. The van der Waals surface area contributed by atoms with Crippen LogP contribution in [0.5, 0.6) is 0 Å². The zero-order chi connectivity index (χ0) is 41.9. The summed E-state index contributed by atoms with van der Waals surface area (Å²) in [7, 11) is 0. The third-order valence-corrected chi connectivity index (χ3v) is 12.0. The van der Waals surface area contributed by atoms with Crippen molar-refractivity contribution >= 4 is 54.4 Å². The third kappa shape index (κ3) is 5.42. The zero-order valence-electron chi connectivity index (χ0n) is 33.4. The molecule has 0 spiro atoms. The molecule has 3 aromatic heterocycles. The summed E-state index contributed by atoms with van der Waals surface area (Å²) < 4.78 is 4.67. The smallest absolute Gasteiger partial charge is 0.177 e. The van der Waals surface area contributed by atoms with E-state index in [4.69, 9.17) is 9.97 Å². The van der Waals surface area contributed by atoms with Gasteiger partial charge in [0.05, 0.1) is 33.5 Å². The quantitative estimate of drug-likeness (QED) is 0.163. The van der Waals surface area contributed by atoms with Crippen LogP contribution in [-0.4, -0.2) is 19.1 Å². The van der Waals surface area contributed by atoms with Gasteiger partial charge in [0.1, 0.15) is 12.1 Å². The summed E-state index contributed by atoms with van der Waals surface area (Å²) in [5.74, 6) is 0. The van der Waals surface area contributed by atoms with Gasteiger partial charge in [-0.15, -0.1) is 0 Å². The predicted molar refractivity (Wildman–Crippen MR) is 253 cm³/mol. The molecular formula is C56H34N6. The molecule has 11 aromatic rings. The van der Waals surface area contributed by atoms with Crippen molar-refractivity contribution in [2.24, 2.45) is 0 Å². The molecule has 0 bridgehead atoms. The first-order valence-corrected chi connectivity index (χ1v) is 20.4. The Morgan fingerprint density at radius 3 is 1.02 bits per heavy atom. The number of para-hydroxylation sites is 4. The number of nitriles is 2. The number of benzene rings is 8. The second-order valence-corrected chi connectivity index (χ2v) is 15.2. The molecule has 0 aliphatic heterocycles. The number of hydrogen-bond donors (Lipinski definition) is 0. The lowest BCUT2D eigenvalue weighted by Gasteiger charge is -2.16. The van der Waals surface area contributed by atoms with Gasteiger partial charge in [-0.25, -0.2) is 9.97 Å². The summed E-state index contributed by atoms with van der Waals surface area (Å²) >= 11 is 0. The molecule has 288 valence electrons. The number of aromatic nitrogens is 4. The van der Waals surface area contributed by atoms with E-state index in [0.29, 0.717) is 11.4 Å². The van der Waals surface area contributed by atoms with Crippen LogP contribution in [0.25, 0.3) is 111 Å². The maximum Gasteiger partial charge on any atom is 0.177 e. The first-order chi connectivity index (χ1) is 30.6. The molecule has 6 heteroatoms. The van der Waals surface area contributed by atoms with E-state index in [2.05, 4.69) is 204 Å². The zero-order valence-corrected chi connectivity index (χ0v) is 33.4. The van der Waals surface area contributed by atoms with E-state index in [1.807, 2.05) is 0 Å². The number of nitrogens with zero attached hydrogens (tertiary/aromatic N) is 6. The lowest BCUT2D eigenvalue weighted by atomic mass is 9.88. The monoisotopic (exact) mass is 790 g/mol. The van der Waals surface area contributed by atoms with Crippen molar-refractivity contribution in [3.8, 4) is 68.3 Å². The molecule has 0 fully saturated rings. The summed E-state index contributed by atoms with van der Waals surface area (Å²) in [5.41, 5.74) is 14.3. The van der Waals surface area contributed by atoms with Crippen molar-refractivity contribution in [3.05, 3.63) is 207 Å². The average Bonchev–Trinajstić information content (AvgIpc) is 3.97. The van der Waals surface area contributed by atoms with E-state index in [9.17, 15) is 10.5 Å². The highest BCUT2D eigenvalue weighted by Crippen LogP contribution is 2.51. The van der Waals surface area contributed by atoms with E-state index in [1.165, 1.54) is 43.6 Å². The maximum atomic E-state index is 9.89. The van der Waals surface area contributed by atoms with Crippen LogP contribution in [0.1, 0.15) is 11.4 Å². The van der Waals surface area contributed by atoms with Crippen LogP contribution >= 0.6 is 0 Å². The van der Waals surface area contributed by atoms with E-state index in [1.54, 1.807) is 12.2 Å². The van der Waals surface area contributed by atoms with Gasteiger partial charge in [-0.05, 0) is 76.2 Å². The molecule has 0 amide bonds. The van der Waals surface area contributed by atoms with Crippen LogP contribution in [0.3, 0.4) is 0 Å². The Kier molecular flexibility index (Phi) is 8.46. The van der Waals surface area contributed by atoms with Crippen LogP contribution in [0.4, 0.5) is 0 Å². The first kappa shape index (κ1) is 36.3. The molecular weight excluding hydrogens is 757 g/mol. The maximum absolute atomic E-state index is 9.89. The minimum absolute atomic E-state index is 0.0350. The SMILES string of the molecule is C=CC=C.N#Cc1nc2c(nc1C#N)-c1ccc(-c3ccc(-n4c5ccccc5c5ccccc54)cc3)c3c(-c4ccc(-n5c6ccccc6c6ccccc65)cc4)ccc-2c13. The third-order valence-electron chi connectivity index (χ3n) is 12.0. The van der Waals surface area contributed by atoms with Crippen LogP contribution < -0.4 is 0 Å². The summed E-state index contributed by atoms with van der Waals surface area (Å²) in [5, 5.41) is 26.8. The van der Waals surface area contributed by atoms with Gasteiger partial charge in [-0.1, -0.05) is 147 Å². The summed E-state index contributed by atoms with van der Waals surface area (Å²) in [6.45, 7) is 6.72. The van der Waals surface area contributed by atoms with Gasteiger partial charge in [-0.3, -0.25) is 0 Å². The average molecular weight is 791 g/mol. The molecule has 0 N–H and O–H groups in total. The van der Waals surface area contributed by atoms with Crippen LogP contribution in [0, 0.1) is 22.7 Å². The highest BCUT2D eigenvalue weighted by Gasteiger charge is 2.29. The Morgan fingerprint density at radius 1 is 0.387 bits per heavy atom. The molecule has 62 heavy (non-hydrogen) atoms. The molecule has 0 saturated carbocycles. The predicted octanol–water partition coefficient (Wildman–Crippen LogP) is 13.9. The number of fused-ring (bicyclic) bond motifs is 9. The summed E-state index contributed by atoms with van der Waals surface area (Å²) in [6, 6.07) is 64.5. The van der Waals surface area contributed by atoms with E-state index in [-0.39, 0.29) is 11.4 Å². The van der Waals surface area contributed by atoms with Crippen LogP contribution in [0.2, 0.25) is 0 Å². The fourth-order valence-corrected chi connectivity index (χ4v) is 9.32. The molecule has 0 unspecified atom stereocenters. The summed E-state index contributed by atoms with van der Waals surface area (Å²) in [4.78, 5) is 9.43. The van der Waals surface area contributed by atoms with Gasteiger partial charge in [-0.2, -0.15) is 10.5 Å². The van der Waals surface area contributed by atoms with Crippen molar-refractivity contribution in [3.63, 3.8) is 0 Å². The molecule has 1 aliphatic rings. The molecule has 3 heterocycles. The molecule has 12 rings (SSSR count). The molecule has 6 nitrogen and oxygen atoms in total. The Balaban J connectivity index is 0.00000104. The summed E-state index contributed by atoms with van der Waals surface area (Å²) in [6.07, 6.45) is 3.28. The Bertz CT molecular complexity index is 3390. The largest absolute Gasteiger partial charge is 0.309 e. The number of hydrogen-bond acceptors (Lipinski definition) is 4. The fourth-order valence-electron chi connectivity index (χ4n) is 9.32. The minimum Gasteiger partial charge on any atom is -0.309 e. The number of rotatable bonds is 5. The second-order valence-electron chi connectivity index (χ2n) is 15.2. The van der Waals surface area contributed by atoms with Crippen molar-refractivity contribution in [2.45, 2.75) is 0 Å². The molecule has 0 saturated heterocycles. The van der Waals surface area contributed by atoms with E-state index >= 15 is 0 Å². The van der Waals surface area contributed by atoms with Crippen molar-refractivity contribution in [2.75, 3.05) is 0 Å². The van der Waals surface area contributed by atoms with Gasteiger partial charge in [0, 0.05) is 49.4 Å². The fraction of sp³-hybridized carbons (Fsp3) is 0. The second kappa shape index (κ2) is 14.5. The van der Waals surface area contributed by atoms with E-state index < -0.39 is 0 Å². The Morgan fingerprint density at radius 2 is 0.694 bits per heavy atom. The van der Waals surface area contributed by atoms with Gasteiger partial charge >= 0.3 is 0 Å². The van der Waals surface area contributed by atoms with Gasteiger partial charge in [0.25, 0.3) is 0 Å². The van der Waals surface area contributed by atoms with E-state index in [0.717, 1.165) is 55.5 Å². The lowest BCUT2D eigenvalue weighted by Crippen LogP contribution is -1.97. The van der Waals surface area contributed by atoms with Gasteiger partial charge in [0.15, 0.2) is 11.4 Å². The Hall–Kier alpha value is -8.84. The van der Waals surface area contributed by atoms with Crippen molar-refractivity contribution in [1.29, 1.82) is 10.5 Å². The van der Waals surface area contributed by atoms with Crippen LogP contribution in [0.15, 0.2) is 195 Å². The van der Waals surface area contributed by atoms with Crippen molar-refractivity contribution in [1.82, 2.24) is 19.1 Å². The van der Waals surface area contributed by atoms with Gasteiger partial charge < -0.3 is 9.13 Å². The molecule has 1 aliphatic carbocycles. The highest BCUT2D eigenvalue weighted by atomic mass is 15.0. The van der Waals surface area contributed by atoms with Gasteiger partial charge in [0.2, 0.25) is 0 Å². The highest BCUT2D eigenvalue weighted by molar-refractivity contribution is 6.21. The Labute approximate surface area is 357 Å². The normalized spacial score (nSPS) is 11.3. The molecule has 0 radical (unpaired) electrons. The minimum atomic E-state index is 0.0350. The number of allylic oxidation sites excluding steroid dienone is 2. The van der Waals surface area contributed by atoms with Crippen LogP contribution in [-0.2, 0) is 0 Å².